The molecule has 0 saturated heterocycles. The second-order valence-electron chi connectivity index (χ2n) is 4.80. The van der Waals surface area contributed by atoms with E-state index in [-0.39, 0.29) is 12.4 Å². The van der Waals surface area contributed by atoms with Crippen molar-refractivity contribution in [2.24, 2.45) is 0 Å². The monoisotopic (exact) mass is 303 g/mol. The zero-order chi connectivity index (χ0) is 15.6. The summed E-state index contributed by atoms with van der Waals surface area (Å²) in [4.78, 5) is 0. The molecule has 0 spiro atoms. The molecule has 22 heavy (non-hydrogen) atoms. The summed E-state index contributed by atoms with van der Waals surface area (Å²) in [5, 5.41) is 22.4. The molecule has 0 heterocycles. The first-order valence-corrected chi connectivity index (χ1v) is 7.23. The van der Waals surface area contributed by atoms with E-state index in [0.29, 0.717) is 25.4 Å². The van der Waals surface area contributed by atoms with Crippen molar-refractivity contribution in [2.75, 3.05) is 26.3 Å². The maximum Gasteiger partial charge on any atom is 0.160 e. The van der Waals surface area contributed by atoms with Crippen molar-refractivity contribution in [3.63, 3.8) is 0 Å². The Morgan fingerprint density at radius 2 is 1.68 bits per heavy atom. The number of hydrogen-bond acceptors (Lipinski definition) is 5. The zero-order valence-electron chi connectivity index (χ0n) is 12.3. The molecular formula is C17H21NO4. The molecule has 2 aromatic carbocycles. The van der Waals surface area contributed by atoms with Gasteiger partial charge >= 0.3 is 0 Å². The fraction of sp³-hybridized carbons (Fsp3) is 0.294. The number of ether oxygens (including phenoxy) is 2. The second-order valence-corrected chi connectivity index (χ2v) is 4.80. The Morgan fingerprint density at radius 1 is 0.955 bits per heavy atom. The van der Waals surface area contributed by atoms with Crippen LogP contribution in [0.4, 0.5) is 0 Å². The van der Waals surface area contributed by atoms with Crippen molar-refractivity contribution >= 4 is 0 Å². The Kier molecular flexibility index (Phi) is 6.54. The van der Waals surface area contributed by atoms with Crippen molar-refractivity contribution in [1.82, 2.24) is 5.32 Å². The first-order chi connectivity index (χ1) is 10.8. The van der Waals surface area contributed by atoms with Gasteiger partial charge in [0.1, 0.15) is 25.1 Å². The number of aliphatic hydroxyl groups excluding tert-OH is 1. The van der Waals surface area contributed by atoms with E-state index in [9.17, 15) is 10.2 Å². The molecule has 0 aliphatic heterocycles. The summed E-state index contributed by atoms with van der Waals surface area (Å²) in [6.07, 6.45) is -0.592. The lowest BCUT2D eigenvalue weighted by molar-refractivity contribution is 0.105. The van der Waals surface area contributed by atoms with Crippen LogP contribution in [0.15, 0.2) is 54.6 Å². The third-order valence-electron chi connectivity index (χ3n) is 2.97. The summed E-state index contributed by atoms with van der Waals surface area (Å²) in [6.45, 7) is 1.62. The number of hydrogen-bond donors (Lipinski definition) is 3. The Hall–Kier alpha value is -2.24. The number of para-hydroxylation sites is 3. The van der Waals surface area contributed by atoms with Crippen LogP contribution in [0.2, 0.25) is 0 Å². The van der Waals surface area contributed by atoms with Crippen LogP contribution in [0.5, 0.6) is 17.2 Å². The lowest BCUT2D eigenvalue weighted by Gasteiger charge is -2.13. The average molecular weight is 303 g/mol. The third-order valence-corrected chi connectivity index (χ3v) is 2.97. The molecule has 1 unspecified atom stereocenters. The van der Waals surface area contributed by atoms with E-state index in [1.54, 1.807) is 24.3 Å². The van der Waals surface area contributed by atoms with E-state index >= 15 is 0 Å². The molecule has 0 aromatic heterocycles. The van der Waals surface area contributed by atoms with Gasteiger partial charge in [-0.2, -0.15) is 0 Å². The SMILES string of the molecule is Oc1ccccc1OCCNCC(O)COc1ccccc1. The van der Waals surface area contributed by atoms with Crippen LogP contribution >= 0.6 is 0 Å². The number of nitrogens with one attached hydrogen (secondary N) is 1. The van der Waals surface area contributed by atoms with Gasteiger partial charge in [0.25, 0.3) is 0 Å². The minimum absolute atomic E-state index is 0.124. The molecule has 0 bridgehead atoms. The zero-order valence-corrected chi connectivity index (χ0v) is 12.3. The van der Waals surface area contributed by atoms with Gasteiger partial charge in [0, 0.05) is 13.1 Å². The van der Waals surface area contributed by atoms with Crippen molar-refractivity contribution in [3.05, 3.63) is 54.6 Å². The Morgan fingerprint density at radius 3 is 2.45 bits per heavy atom. The van der Waals surface area contributed by atoms with Gasteiger partial charge in [-0.15, -0.1) is 0 Å². The number of aromatic hydroxyl groups is 1. The summed E-state index contributed by atoms with van der Waals surface area (Å²) in [7, 11) is 0. The highest BCUT2D eigenvalue weighted by atomic mass is 16.5. The predicted molar refractivity (Wildman–Crippen MR) is 84.4 cm³/mol. The largest absolute Gasteiger partial charge is 0.504 e. The van der Waals surface area contributed by atoms with Gasteiger partial charge in [-0.05, 0) is 24.3 Å². The van der Waals surface area contributed by atoms with Crippen LogP contribution < -0.4 is 14.8 Å². The summed E-state index contributed by atoms with van der Waals surface area (Å²) in [5.74, 6) is 1.32. The molecule has 5 heteroatoms. The van der Waals surface area contributed by atoms with E-state index < -0.39 is 6.10 Å². The smallest absolute Gasteiger partial charge is 0.160 e. The number of rotatable bonds is 9. The molecule has 0 fully saturated rings. The molecule has 3 N–H and O–H groups in total. The maximum atomic E-state index is 9.80. The van der Waals surface area contributed by atoms with Gasteiger partial charge in [-0.1, -0.05) is 30.3 Å². The molecule has 1 atom stereocenters. The van der Waals surface area contributed by atoms with E-state index in [2.05, 4.69) is 5.32 Å². The highest BCUT2D eigenvalue weighted by Crippen LogP contribution is 2.23. The Bertz CT molecular complexity index is 547. The van der Waals surface area contributed by atoms with Gasteiger partial charge in [-0.3, -0.25) is 0 Å². The summed E-state index contributed by atoms with van der Waals surface area (Å²) in [6, 6.07) is 16.2. The molecule has 0 saturated carbocycles. The number of aliphatic hydroxyl groups is 1. The number of benzene rings is 2. The molecule has 0 radical (unpaired) electrons. The normalized spacial score (nSPS) is 11.9. The van der Waals surface area contributed by atoms with Gasteiger partial charge in [0.2, 0.25) is 0 Å². The van der Waals surface area contributed by atoms with Crippen LogP contribution in [0.25, 0.3) is 0 Å². The lowest BCUT2D eigenvalue weighted by Crippen LogP contribution is -2.33. The van der Waals surface area contributed by atoms with Crippen molar-refractivity contribution in [2.45, 2.75) is 6.10 Å². The van der Waals surface area contributed by atoms with Crippen molar-refractivity contribution < 1.29 is 19.7 Å². The third kappa shape index (κ3) is 5.63. The maximum absolute atomic E-state index is 9.80. The predicted octanol–water partition coefficient (Wildman–Crippen LogP) is 1.80. The topological polar surface area (TPSA) is 71.0 Å². The minimum atomic E-state index is -0.592. The minimum Gasteiger partial charge on any atom is -0.504 e. The lowest BCUT2D eigenvalue weighted by atomic mass is 10.3. The van der Waals surface area contributed by atoms with Crippen LogP contribution in [0.1, 0.15) is 0 Å². The second kappa shape index (κ2) is 8.92. The fourth-order valence-electron chi connectivity index (χ4n) is 1.85. The van der Waals surface area contributed by atoms with Gasteiger partial charge in [-0.25, -0.2) is 0 Å². The molecule has 118 valence electrons. The molecule has 2 aromatic rings. The van der Waals surface area contributed by atoms with Crippen LogP contribution in [0, 0.1) is 0 Å². The molecule has 2 rings (SSSR count). The molecule has 0 aliphatic carbocycles. The standard InChI is InChI=1S/C17H21NO4/c19-14(13-22-15-6-2-1-3-7-15)12-18-10-11-21-17-9-5-4-8-16(17)20/h1-9,14,18-20H,10-13H2. The van der Waals surface area contributed by atoms with Gasteiger partial charge in [0.15, 0.2) is 11.5 Å². The quantitative estimate of drug-likeness (QED) is 0.616. The van der Waals surface area contributed by atoms with E-state index in [4.69, 9.17) is 9.47 Å². The first-order valence-electron chi connectivity index (χ1n) is 7.23. The summed E-state index contributed by atoms with van der Waals surface area (Å²) < 4.78 is 10.9. The highest BCUT2D eigenvalue weighted by Gasteiger charge is 2.05. The Labute approximate surface area is 130 Å². The van der Waals surface area contributed by atoms with Crippen LogP contribution in [-0.4, -0.2) is 42.6 Å². The molecular weight excluding hydrogens is 282 g/mol. The molecule has 5 nitrogen and oxygen atoms in total. The van der Waals surface area contributed by atoms with E-state index in [1.807, 2.05) is 30.3 Å². The number of phenols is 1. The number of phenolic OH excluding ortho intramolecular Hbond substituents is 1. The van der Waals surface area contributed by atoms with Crippen LogP contribution in [-0.2, 0) is 0 Å². The Balaban J connectivity index is 1.56. The summed E-state index contributed by atoms with van der Waals surface area (Å²) >= 11 is 0. The van der Waals surface area contributed by atoms with Crippen LogP contribution in [0.3, 0.4) is 0 Å². The van der Waals surface area contributed by atoms with Crippen molar-refractivity contribution in [1.29, 1.82) is 0 Å². The van der Waals surface area contributed by atoms with Gasteiger partial charge < -0.3 is 25.0 Å². The molecule has 0 aliphatic rings. The summed E-state index contributed by atoms with van der Waals surface area (Å²) in [5.41, 5.74) is 0. The average Bonchev–Trinajstić information content (AvgIpc) is 2.55. The van der Waals surface area contributed by atoms with Crippen molar-refractivity contribution in [3.8, 4) is 17.2 Å². The first kappa shape index (κ1) is 16.1. The fourth-order valence-corrected chi connectivity index (χ4v) is 1.85. The van der Waals surface area contributed by atoms with E-state index in [0.717, 1.165) is 5.75 Å². The highest BCUT2D eigenvalue weighted by molar-refractivity contribution is 5.37. The van der Waals surface area contributed by atoms with E-state index in [1.165, 1.54) is 0 Å². The van der Waals surface area contributed by atoms with Gasteiger partial charge in [0.05, 0.1) is 0 Å². The molecule has 0 amide bonds.